The molecule has 0 bridgehead atoms. The van der Waals surface area contributed by atoms with E-state index in [0.29, 0.717) is 11.6 Å². The standard InChI is InChI=1S/C16H17N3O4S/c1-17-24(22,23)12-7-8-14(16(9-12)19(20)21)18-15-10-13(15)11-5-3-2-4-6-11/h2-9,13,15,17-18H,10H2,1H3. The highest BCUT2D eigenvalue weighted by Gasteiger charge is 2.39. The first-order chi connectivity index (χ1) is 11.4. The number of rotatable bonds is 6. The van der Waals surface area contributed by atoms with E-state index in [9.17, 15) is 18.5 Å². The molecule has 0 aliphatic heterocycles. The summed E-state index contributed by atoms with van der Waals surface area (Å²) >= 11 is 0. The Hall–Kier alpha value is -2.45. The minimum absolute atomic E-state index is 0.109. The number of sulfonamides is 1. The molecule has 2 N–H and O–H groups in total. The predicted molar refractivity (Wildman–Crippen MR) is 90.6 cm³/mol. The second-order valence-corrected chi connectivity index (χ2v) is 7.53. The first kappa shape index (κ1) is 16.4. The maximum atomic E-state index is 11.8. The summed E-state index contributed by atoms with van der Waals surface area (Å²) in [7, 11) is -2.45. The lowest BCUT2D eigenvalue weighted by atomic mass is 10.1. The molecule has 2 aromatic rings. The van der Waals surface area contributed by atoms with E-state index in [-0.39, 0.29) is 16.6 Å². The van der Waals surface area contributed by atoms with Gasteiger partial charge in [0.2, 0.25) is 10.0 Å². The molecule has 8 heteroatoms. The van der Waals surface area contributed by atoms with Gasteiger partial charge >= 0.3 is 0 Å². The first-order valence-electron chi connectivity index (χ1n) is 7.46. The fourth-order valence-electron chi connectivity index (χ4n) is 2.69. The molecular formula is C16H17N3O4S. The van der Waals surface area contributed by atoms with Gasteiger partial charge in [0.1, 0.15) is 5.69 Å². The second kappa shape index (κ2) is 6.21. The molecule has 2 unspecified atom stereocenters. The summed E-state index contributed by atoms with van der Waals surface area (Å²) in [5.41, 5.74) is 1.27. The Labute approximate surface area is 139 Å². The van der Waals surface area contributed by atoms with Crippen LogP contribution in [0.3, 0.4) is 0 Å². The van der Waals surface area contributed by atoms with Crippen LogP contribution in [0.1, 0.15) is 17.9 Å². The Morgan fingerprint density at radius 1 is 1.17 bits per heavy atom. The number of nitro benzene ring substituents is 1. The van der Waals surface area contributed by atoms with E-state index in [1.54, 1.807) is 0 Å². The molecule has 7 nitrogen and oxygen atoms in total. The van der Waals surface area contributed by atoms with Crippen LogP contribution in [0, 0.1) is 10.1 Å². The van der Waals surface area contributed by atoms with Gasteiger partial charge in [-0.25, -0.2) is 13.1 Å². The summed E-state index contributed by atoms with van der Waals surface area (Å²) in [6.45, 7) is 0. The highest BCUT2D eigenvalue weighted by molar-refractivity contribution is 7.89. The molecule has 2 atom stereocenters. The van der Waals surface area contributed by atoms with Crippen molar-refractivity contribution in [1.29, 1.82) is 0 Å². The quantitative estimate of drug-likeness (QED) is 0.617. The molecule has 1 aliphatic carbocycles. The Kier molecular flexibility index (Phi) is 4.25. The molecule has 1 saturated carbocycles. The van der Waals surface area contributed by atoms with Crippen molar-refractivity contribution in [2.75, 3.05) is 12.4 Å². The van der Waals surface area contributed by atoms with E-state index in [4.69, 9.17) is 0 Å². The van der Waals surface area contributed by atoms with Crippen LogP contribution in [0.2, 0.25) is 0 Å². The number of hydrogen-bond acceptors (Lipinski definition) is 5. The van der Waals surface area contributed by atoms with Gasteiger partial charge in [-0.1, -0.05) is 30.3 Å². The number of hydrogen-bond donors (Lipinski definition) is 2. The first-order valence-corrected chi connectivity index (χ1v) is 8.94. The molecule has 3 rings (SSSR count). The zero-order valence-electron chi connectivity index (χ0n) is 13.0. The highest BCUT2D eigenvalue weighted by Crippen LogP contribution is 2.44. The summed E-state index contributed by atoms with van der Waals surface area (Å²) in [6, 6.07) is 13.9. The number of nitro groups is 1. The van der Waals surface area contributed by atoms with Crippen molar-refractivity contribution < 1.29 is 13.3 Å². The van der Waals surface area contributed by atoms with Crippen molar-refractivity contribution in [3.63, 3.8) is 0 Å². The summed E-state index contributed by atoms with van der Waals surface area (Å²) < 4.78 is 25.8. The summed E-state index contributed by atoms with van der Waals surface area (Å²) in [5, 5.41) is 14.4. The Balaban J connectivity index is 1.83. The molecule has 2 aromatic carbocycles. The maximum absolute atomic E-state index is 11.8. The van der Waals surface area contributed by atoms with Crippen molar-refractivity contribution in [1.82, 2.24) is 4.72 Å². The van der Waals surface area contributed by atoms with Crippen molar-refractivity contribution >= 4 is 21.4 Å². The van der Waals surface area contributed by atoms with Crippen molar-refractivity contribution in [2.45, 2.75) is 23.3 Å². The van der Waals surface area contributed by atoms with Gasteiger partial charge in [-0.05, 0) is 31.2 Å². The number of nitrogens with zero attached hydrogens (tertiary/aromatic N) is 1. The Morgan fingerprint density at radius 2 is 1.88 bits per heavy atom. The molecule has 1 aliphatic rings. The maximum Gasteiger partial charge on any atom is 0.293 e. The van der Waals surface area contributed by atoms with Gasteiger partial charge in [-0.2, -0.15) is 0 Å². The zero-order valence-corrected chi connectivity index (χ0v) is 13.8. The van der Waals surface area contributed by atoms with Crippen LogP contribution in [0.25, 0.3) is 0 Å². The van der Waals surface area contributed by atoms with E-state index in [1.807, 2.05) is 30.3 Å². The minimum atomic E-state index is -3.72. The van der Waals surface area contributed by atoms with E-state index in [2.05, 4.69) is 10.0 Å². The van der Waals surface area contributed by atoms with E-state index >= 15 is 0 Å². The van der Waals surface area contributed by atoms with Crippen molar-refractivity contribution in [2.24, 2.45) is 0 Å². The van der Waals surface area contributed by atoms with E-state index in [0.717, 1.165) is 12.5 Å². The number of anilines is 1. The monoisotopic (exact) mass is 347 g/mol. The third-order valence-corrected chi connectivity index (χ3v) is 5.52. The Morgan fingerprint density at radius 3 is 2.50 bits per heavy atom. The normalized spacial score (nSPS) is 19.7. The van der Waals surface area contributed by atoms with Crippen molar-refractivity contribution in [3.05, 3.63) is 64.2 Å². The number of nitrogens with one attached hydrogen (secondary N) is 2. The molecule has 0 aromatic heterocycles. The molecule has 0 saturated heterocycles. The van der Waals surface area contributed by atoms with Gasteiger partial charge in [0, 0.05) is 18.0 Å². The van der Waals surface area contributed by atoms with Gasteiger partial charge in [0.05, 0.1) is 9.82 Å². The fraction of sp³-hybridized carbons (Fsp3) is 0.250. The van der Waals surface area contributed by atoms with Gasteiger partial charge in [-0.3, -0.25) is 10.1 Å². The van der Waals surface area contributed by atoms with Crippen LogP contribution < -0.4 is 10.0 Å². The molecule has 126 valence electrons. The average Bonchev–Trinajstić information content (AvgIpc) is 3.35. The minimum Gasteiger partial charge on any atom is -0.376 e. The molecule has 0 radical (unpaired) electrons. The average molecular weight is 347 g/mol. The van der Waals surface area contributed by atoms with Crippen LogP contribution in [-0.4, -0.2) is 26.4 Å². The van der Waals surface area contributed by atoms with E-state index < -0.39 is 14.9 Å². The predicted octanol–water partition coefficient (Wildman–Crippen LogP) is 2.47. The van der Waals surface area contributed by atoms with E-state index in [1.165, 1.54) is 24.7 Å². The fourth-order valence-corrected chi connectivity index (χ4v) is 3.44. The third-order valence-electron chi connectivity index (χ3n) is 4.10. The second-order valence-electron chi connectivity index (χ2n) is 5.65. The molecular weight excluding hydrogens is 330 g/mol. The molecule has 24 heavy (non-hydrogen) atoms. The lowest BCUT2D eigenvalue weighted by Gasteiger charge is -2.09. The SMILES string of the molecule is CNS(=O)(=O)c1ccc(NC2CC2c2ccccc2)c([N+](=O)[O-])c1. The van der Waals surface area contributed by atoms with Crippen LogP contribution in [-0.2, 0) is 10.0 Å². The lowest BCUT2D eigenvalue weighted by molar-refractivity contribution is -0.384. The topological polar surface area (TPSA) is 101 Å². The summed E-state index contributed by atoms with van der Waals surface area (Å²) in [5.74, 6) is 0.312. The molecule has 0 heterocycles. The molecule has 0 spiro atoms. The molecule has 1 fully saturated rings. The lowest BCUT2D eigenvalue weighted by Crippen LogP contribution is -2.19. The van der Waals surface area contributed by atoms with Crippen LogP contribution in [0.5, 0.6) is 0 Å². The zero-order chi connectivity index (χ0) is 17.3. The van der Waals surface area contributed by atoms with Gasteiger partial charge < -0.3 is 5.32 Å². The third kappa shape index (κ3) is 3.24. The molecule has 0 amide bonds. The van der Waals surface area contributed by atoms with Gasteiger partial charge in [0.15, 0.2) is 0 Å². The smallest absolute Gasteiger partial charge is 0.293 e. The highest BCUT2D eigenvalue weighted by atomic mass is 32.2. The summed E-state index contributed by atoms with van der Waals surface area (Å²) in [4.78, 5) is 10.6. The van der Waals surface area contributed by atoms with Crippen molar-refractivity contribution in [3.8, 4) is 0 Å². The van der Waals surface area contributed by atoms with Crippen LogP contribution in [0.15, 0.2) is 53.4 Å². The Bertz CT molecular complexity index is 868. The summed E-state index contributed by atoms with van der Waals surface area (Å²) in [6.07, 6.45) is 0.887. The number of benzene rings is 2. The largest absolute Gasteiger partial charge is 0.376 e. The van der Waals surface area contributed by atoms with Gasteiger partial charge in [-0.15, -0.1) is 0 Å². The van der Waals surface area contributed by atoms with Crippen LogP contribution >= 0.6 is 0 Å². The van der Waals surface area contributed by atoms with Crippen LogP contribution in [0.4, 0.5) is 11.4 Å². The van der Waals surface area contributed by atoms with Gasteiger partial charge in [0.25, 0.3) is 5.69 Å².